The van der Waals surface area contributed by atoms with E-state index in [9.17, 15) is 15.3 Å². The van der Waals surface area contributed by atoms with Gasteiger partial charge in [0, 0.05) is 0 Å². The second-order valence-corrected chi connectivity index (χ2v) is 5.87. The average molecular weight is 310 g/mol. The van der Waals surface area contributed by atoms with Gasteiger partial charge in [0.15, 0.2) is 11.0 Å². The average Bonchev–Trinajstić information content (AvgIpc) is 2.89. The molecule has 2 heterocycles. The van der Waals surface area contributed by atoms with Crippen LogP contribution in [-0.2, 0) is 4.74 Å². The number of nitrogens with one attached hydrogen (secondary N) is 1. The summed E-state index contributed by atoms with van der Waals surface area (Å²) in [5, 5.41) is 29.3. The van der Waals surface area contributed by atoms with E-state index >= 15 is 0 Å². The van der Waals surface area contributed by atoms with Crippen molar-refractivity contribution in [2.45, 2.75) is 38.4 Å². The lowest BCUT2D eigenvalue weighted by Gasteiger charge is -2.17. The van der Waals surface area contributed by atoms with Gasteiger partial charge < -0.3 is 25.0 Å². The van der Waals surface area contributed by atoms with Crippen molar-refractivity contribution in [2.24, 2.45) is 0 Å². The zero-order valence-corrected chi connectivity index (χ0v) is 12.6. The molecular formula is C14H18N2O4S. The molecule has 1 fully saturated rings. The lowest BCUT2D eigenvalue weighted by atomic mass is 10.1. The quantitative estimate of drug-likeness (QED) is 0.620. The minimum atomic E-state index is -1.14. The van der Waals surface area contributed by atoms with Gasteiger partial charge in [-0.3, -0.25) is 4.57 Å². The van der Waals surface area contributed by atoms with Gasteiger partial charge in [-0.1, -0.05) is 0 Å². The van der Waals surface area contributed by atoms with Gasteiger partial charge in [-0.2, -0.15) is 0 Å². The van der Waals surface area contributed by atoms with Crippen molar-refractivity contribution in [2.75, 3.05) is 6.61 Å². The third-order valence-corrected chi connectivity index (χ3v) is 4.40. The molecule has 0 unspecified atom stereocenters. The fourth-order valence-electron chi connectivity index (χ4n) is 2.73. The zero-order chi connectivity index (χ0) is 15.3. The number of imidazole rings is 1. The van der Waals surface area contributed by atoms with Crippen molar-refractivity contribution in [3.8, 4) is 0 Å². The molecule has 0 saturated carbocycles. The molecule has 21 heavy (non-hydrogen) atoms. The number of aliphatic hydroxyl groups is 3. The molecule has 1 aliphatic rings. The Hall–Kier alpha value is -1.25. The van der Waals surface area contributed by atoms with Gasteiger partial charge in [0.05, 0.1) is 17.6 Å². The Labute approximate surface area is 126 Å². The lowest BCUT2D eigenvalue weighted by Crippen LogP contribution is -2.33. The standard InChI is InChI=1S/C14H18N2O4S/c1-6-3-8-9(4-7(6)2)16(14(21)15-8)13-12(19)11(18)10(5-17)20-13/h3-4,10-13,17-19H,5H2,1-2H3,(H,15,21)/t10-,11+,12-,13+/m0/s1. The van der Waals surface area contributed by atoms with E-state index in [0.717, 1.165) is 22.2 Å². The van der Waals surface area contributed by atoms with E-state index in [1.54, 1.807) is 4.57 Å². The summed E-state index contributed by atoms with van der Waals surface area (Å²) in [6.07, 6.45) is -3.92. The van der Waals surface area contributed by atoms with Crippen molar-refractivity contribution in [3.63, 3.8) is 0 Å². The maximum absolute atomic E-state index is 10.2. The molecule has 3 rings (SSSR count). The van der Waals surface area contributed by atoms with Gasteiger partial charge in [0.25, 0.3) is 0 Å². The van der Waals surface area contributed by atoms with E-state index in [1.807, 2.05) is 26.0 Å². The first-order valence-electron chi connectivity index (χ1n) is 6.78. The van der Waals surface area contributed by atoms with Crippen LogP contribution in [0.25, 0.3) is 11.0 Å². The first-order valence-corrected chi connectivity index (χ1v) is 7.18. The third kappa shape index (κ3) is 2.21. The van der Waals surface area contributed by atoms with Crippen LogP contribution in [0.15, 0.2) is 12.1 Å². The number of fused-ring (bicyclic) bond motifs is 1. The predicted molar refractivity (Wildman–Crippen MR) is 79.6 cm³/mol. The molecule has 114 valence electrons. The molecule has 0 spiro atoms. The molecule has 4 atom stereocenters. The van der Waals surface area contributed by atoms with Gasteiger partial charge in [-0.05, 0) is 49.3 Å². The minimum absolute atomic E-state index is 0.359. The molecular weight excluding hydrogens is 292 g/mol. The molecule has 6 nitrogen and oxygen atoms in total. The Morgan fingerprint density at radius 1 is 1.24 bits per heavy atom. The molecule has 1 saturated heterocycles. The number of hydrogen-bond acceptors (Lipinski definition) is 5. The van der Waals surface area contributed by atoms with E-state index in [0.29, 0.717) is 4.77 Å². The summed E-state index contributed by atoms with van der Waals surface area (Å²) in [4.78, 5) is 3.08. The number of ether oxygens (including phenoxy) is 1. The molecule has 1 aromatic heterocycles. The second kappa shape index (κ2) is 5.19. The highest BCUT2D eigenvalue weighted by Crippen LogP contribution is 2.33. The number of hydrogen-bond donors (Lipinski definition) is 4. The van der Waals surface area contributed by atoms with E-state index in [1.165, 1.54) is 0 Å². The van der Waals surface area contributed by atoms with E-state index in [2.05, 4.69) is 4.98 Å². The first kappa shape index (κ1) is 14.7. The number of aromatic amines is 1. The SMILES string of the molecule is Cc1cc2[nH]c(=S)n([C@@H]3O[C@@H](CO)[C@@H](O)[C@@H]3O)c2cc1C. The van der Waals surface area contributed by atoms with Crippen LogP contribution in [0.1, 0.15) is 17.4 Å². The van der Waals surface area contributed by atoms with Crippen LogP contribution in [0.4, 0.5) is 0 Å². The fraction of sp³-hybridized carbons (Fsp3) is 0.500. The minimum Gasteiger partial charge on any atom is -0.394 e. The highest BCUT2D eigenvalue weighted by Gasteiger charge is 2.44. The summed E-state index contributed by atoms with van der Waals surface area (Å²) < 4.78 is 7.63. The Balaban J connectivity index is 2.15. The molecule has 1 aliphatic heterocycles. The van der Waals surface area contributed by atoms with Crippen molar-refractivity contribution in [3.05, 3.63) is 28.0 Å². The summed E-state index contributed by atoms with van der Waals surface area (Å²) in [5.74, 6) is 0. The highest BCUT2D eigenvalue weighted by molar-refractivity contribution is 7.71. The molecule has 2 aromatic rings. The molecule has 0 bridgehead atoms. The summed E-state index contributed by atoms with van der Waals surface area (Å²) in [6, 6.07) is 3.95. The Kier molecular flexibility index (Phi) is 3.62. The summed E-state index contributed by atoms with van der Waals surface area (Å²) in [5.41, 5.74) is 3.88. The number of rotatable bonds is 2. The van der Waals surface area contributed by atoms with Crippen LogP contribution >= 0.6 is 12.2 Å². The van der Waals surface area contributed by atoms with Crippen LogP contribution in [0.2, 0.25) is 0 Å². The van der Waals surface area contributed by atoms with Gasteiger partial charge >= 0.3 is 0 Å². The number of H-pyrrole nitrogens is 1. The van der Waals surface area contributed by atoms with Gasteiger partial charge in [-0.15, -0.1) is 0 Å². The number of nitrogens with zero attached hydrogens (tertiary/aromatic N) is 1. The van der Waals surface area contributed by atoms with E-state index < -0.39 is 24.5 Å². The smallest absolute Gasteiger partial charge is 0.180 e. The first-order chi connectivity index (χ1) is 9.93. The molecule has 0 radical (unpaired) electrons. The van der Waals surface area contributed by atoms with Crippen molar-refractivity contribution < 1.29 is 20.1 Å². The number of benzene rings is 1. The molecule has 1 aromatic carbocycles. The van der Waals surface area contributed by atoms with Crippen LogP contribution in [0.5, 0.6) is 0 Å². The summed E-state index contributed by atoms with van der Waals surface area (Å²) in [6.45, 7) is 3.64. The van der Waals surface area contributed by atoms with E-state index in [-0.39, 0.29) is 6.61 Å². The summed E-state index contributed by atoms with van der Waals surface area (Å²) in [7, 11) is 0. The topological polar surface area (TPSA) is 90.6 Å². The van der Waals surface area contributed by atoms with Crippen molar-refractivity contribution >= 4 is 23.3 Å². The van der Waals surface area contributed by atoms with Crippen molar-refractivity contribution in [1.29, 1.82) is 0 Å². The number of aryl methyl sites for hydroxylation is 2. The maximum atomic E-state index is 10.2. The zero-order valence-electron chi connectivity index (χ0n) is 11.8. The highest BCUT2D eigenvalue weighted by atomic mass is 32.1. The van der Waals surface area contributed by atoms with Gasteiger partial charge in [0.2, 0.25) is 0 Å². The Morgan fingerprint density at radius 3 is 2.52 bits per heavy atom. The fourth-order valence-corrected chi connectivity index (χ4v) is 3.04. The second-order valence-electron chi connectivity index (χ2n) is 5.48. The van der Waals surface area contributed by atoms with Crippen LogP contribution in [0.3, 0.4) is 0 Å². The summed E-state index contributed by atoms with van der Waals surface area (Å²) >= 11 is 5.31. The Morgan fingerprint density at radius 2 is 1.90 bits per heavy atom. The molecule has 4 N–H and O–H groups in total. The van der Waals surface area contributed by atoms with Crippen LogP contribution in [-0.4, -0.2) is 49.8 Å². The van der Waals surface area contributed by atoms with Crippen LogP contribution in [0, 0.1) is 18.6 Å². The Bertz CT molecular complexity index is 738. The predicted octanol–water partition coefficient (Wildman–Crippen LogP) is 0.927. The van der Waals surface area contributed by atoms with E-state index in [4.69, 9.17) is 17.0 Å². The molecule has 0 amide bonds. The molecule has 0 aliphatic carbocycles. The van der Waals surface area contributed by atoms with Crippen molar-refractivity contribution in [1.82, 2.24) is 9.55 Å². The van der Waals surface area contributed by atoms with Crippen LogP contribution < -0.4 is 0 Å². The largest absolute Gasteiger partial charge is 0.394 e. The normalized spacial score (nSPS) is 29.4. The van der Waals surface area contributed by atoms with Gasteiger partial charge in [0.1, 0.15) is 18.3 Å². The number of aromatic nitrogens is 2. The number of aliphatic hydroxyl groups excluding tert-OH is 3. The maximum Gasteiger partial charge on any atom is 0.180 e. The molecule has 7 heteroatoms. The van der Waals surface area contributed by atoms with Gasteiger partial charge in [-0.25, -0.2) is 0 Å². The third-order valence-electron chi connectivity index (χ3n) is 4.10. The monoisotopic (exact) mass is 310 g/mol. The lowest BCUT2D eigenvalue weighted by molar-refractivity contribution is -0.0514.